The summed E-state index contributed by atoms with van der Waals surface area (Å²) >= 11 is 0. The lowest BCUT2D eigenvalue weighted by molar-refractivity contribution is -0.116. The van der Waals surface area contributed by atoms with Gasteiger partial charge in [-0.1, -0.05) is 18.2 Å². The SMILES string of the molecule is O=C1C=CN(C(=O)Nc2cccc3ncccc23)C(c2ccc(F)cc2)C1. The Morgan fingerprint density at radius 1 is 1.11 bits per heavy atom. The number of hydrogen-bond acceptors (Lipinski definition) is 3. The largest absolute Gasteiger partial charge is 0.326 e. The third-order valence-electron chi connectivity index (χ3n) is 4.53. The number of halogens is 1. The molecule has 0 saturated heterocycles. The highest BCUT2D eigenvalue weighted by molar-refractivity contribution is 6.01. The molecule has 0 spiro atoms. The van der Waals surface area contributed by atoms with Crippen molar-refractivity contribution in [2.75, 3.05) is 5.32 Å². The molecule has 1 unspecified atom stereocenters. The minimum absolute atomic E-state index is 0.0808. The fourth-order valence-electron chi connectivity index (χ4n) is 3.19. The number of rotatable bonds is 2. The number of aromatic nitrogens is 1. The Morgan fingerprint density at radius 2 is 1.93 bits per heavy atom. The first-order valence-electron chi connectivity index (χ1n) is 8.51. The molecular formula is C21H16FN3O2. The van der Waals surface area contributed by atoms with Gasteiger partial charge in [-0.15, -0.1) is 0 Å². The van der Waals surface area contributed by atoms with Crippen LogP contribution < -0.4 is 5.32 Å². The number of carbonyl (C=O) groups excluding carboxylic acids is 2. The minimum Gasteiger partial charge on any atom is -0.307 e. The average Bonchev–Trinajstić information content (AvgIpc) is 2.69. The molecule has 6 heteroatoms. The molecule has 27 heavy (non-hydrogen) atoms. The number of fused-ring (bicyclic) bond motifs is 1. The number of benzene rings is 2. The molecule has 1 aromatic heterocycles. The third-order valence-corrected chi connectivity index (χ3v) is 4.53. The number of ketones is 1. The van der Waals surface area contributed by atoms with Crippen molar-refractivity contribution in [2.24, 2.45) is 0 Å². The van der Waals surface area contributed by atoms with E-state index in [0.29, 0.717) is 11.3 Å². The van der Waals surface area contributed by atoms with Crippen molar-refractivity contribution in [2.45, 2.75) is 12.5 Å². The van der Waals surface area contributed by atoms with Crippen LogP contribution in [0.5, 0.6) is 0 Å². The van der Waals surface area contributed by atoms with Crippen LogP contribution in [0.2, 0.25) is 0 Å². The number of nitrogens with zero attached hydrogens (tertiary/aromatic N) is 2. The molecule has 0 radical (unpaired) electrons. The van der Waals surface area contributed by atoms with Crippen LogP contribution in [0.25, 0.3) is 10.9 Å². The predicted molar refractivity (Wildman–Crippen MR) is 101 cm³/mol. The molecule has 1 N–H and O–H groups in total. The lowest BCUT2D eigenvalue weighted by Crippen LogP contribution is -2.37. The molecular weight excluding hydrogens is 345 g/mol. The van der Waals surface area contributed by atoms with Gasteiger partial charge in [0.2, 0.25) is 0 Å². The van der Waals surface area contributed by atoms with Gasteiger partial charge in [-0.25, -0.2) is 9.18 Å². The van der Waals surface area contributed by atoms with Gasteiger partial charge < -0.3 is 5.32 Å². The number of carbonyl (C=O) groups is 2. The Morgan fingerprint density at radius 3 is 2.74 bits per heavy atom. The second-order valence-corrected chi connectivity index (χ2v) is 6.27. The van der Waals surface area contributed by atoms with Gasteiger partial charge in [-0.2, -0.15) is 0 Å². The smallest absolute Gasteiger partial charge is 0.307 e. The highest BCUT2D eigenvalue weighted by Crippen LogP contribution is 2.30. The molecule has 134 valence electrons. The van der Waals surface area contributed by atoms with E-state index in [9.17, 15) is 14.0 Å². The van der Waals surface area contributed by atoms with Crippen molar-refractivity contribution in [1.82, 2.24) is 9.88 Å². The Balaban J connectivity index is 1.65. The van der Waals surface area contributed by atoms with E-state index < -0.39 is 6.04 Å². The maximum absolute atomic E-state index is 13.2. The van der Waals surface area contributed by atoms with Gasteiger partial charge in [0.15, 0.2) is 5.78 Å². The summed E-state index contributed by atoms with van der Waals surface area (Å²) in [5.74, 6) is -0.446. The number of allylic oxidation sites excluding steroid dienone is 1. The standard InChI is InChI=1S/C21H16FN3O2/c22-15-8-6-14(7-9-15)20-13-16(26)10-12-25(20)21(27)24-19-5-1-4-18-17(19)3-2-11-23-18/h1-12,20H,13H2,(H,24,27). The number of pyridine rings is 1. The molecule has 0 fully saturated rings. The Kier molecular flexibility index (Phi) is 4.38. The fraction of sp³-hybridized carbons (Fsp3) is 0.0952. The zero-order valence-electron chi connectivity index (χ0n) is 14.3. The monoisotopic (exact) mass is 361 g/mol. The van der Waals surface area contributed by atoms with Crippen LogP contribution in [-0.4, -0.2) is 21.7 Å². The van der Waals surface area contributed by atoms with Gasteiger partial charge in [0.25, 0.3) is 0 Å². The van der Waals surface area contributed by atoms with Crippen molar-refractivity contribution in [3.63, 3.8) is 0 Å². The number of amides is 2. The van der Waals surface area contributed by atoms with Gasteiger partial charge in [-0.3, -0.25) is 14.7 Å². The summed E-state index contributed by atoms with van der Waals surface area (Å²) in [6, 6.07) is 14.1. The van der Waals surface area contributed by atoms with Crippen LogP contribution >= 0.6 is 0 Å². The summed E-state index contributed by atoms with van der Waals surface area (Å²) in [6.07, 6.45) is 4.69. The van der Waals surface area contributed by atoms with Crippen molar-refractivity contribution >= 4 is 28.4 Å². The van der Waals surface area contributed by atoms with E-state index in [-0.39, 0.29) is 24.1 Å². The van der Waals surface area contributed by atoms with Crippen LogP contribution in [0.1, 0.15) is 18.0 Å². The van der Waals surface area contributed by atoms with E-state index in [1.54, 1.807) is 30.5 Å². The van der Waals surface area contributed by atoms with Crippen LogP contribution in [-0.2, 0) is 4.79 Å². The van der Waals surface area contributed by atoms with Crippen LogP contribution in [0.3, 0.4) is 0 Å². The molecule has 2 heterocycles. The van der Waals surface area contributed by atoms with Crippen LogP contribution in [0, 0.1) is 5.82 Å². The Labute approximate surface area is 155 Å². The van der Waals surface area contributed by atoms with Crippen molar-refractivity contribution in [3.8, 4) is 0 Å². The number of anilines is 1. The van der Waals surface area contributed by atoms with Gasteiger partial charge >= 0.3 is 6.03 Å². The summed E-state index contributed by atoms with van der Waals surface area (Å²) in [6.45, 7) is 0. The van der Waals surface area contributed by atoms with E-state index in [1.165, 1.54) is 29.3 Å². The molecule has 2 amide bonds. The van der Waals surface area contributed by atoms with Gasteiger partial charge in [0.1, 0.15) is 5.82 Å². The van der Waals surface area contributed by atoms with E-state index >= 15 is 0 Å². The van der Waals surface area contributed by atoms with E-state index in [1.807, 2.05) is 18.2 Å². The van der Waals surface area contributed by atoms with Crippen LogP contribution in [0.15, 0.2) is 73.1 Å². The average molecular weight is 361 g/mol. The first kappa shape index (κ1) is 16.9. The molecule has 0 bridgehead atoms. The number of urea groups is 1. The maximum Gasteiger partial charge on any atom is 0.326 e. The minimum atomic E-state index is -0.490. The zero-order valence-corrected chi connectivity index (χ0v) is 14.3. The predicted octanol–water partition coefficient (Wildman–Crippen LogP) is 4.44. The lowest BCUT2D eigenvalue weighted by Gasteiger charge is -2.31. The molecule has 0 aliphatic carbocycles. The summed E-state index contributed by atoms with van der Waals surface area (Å²) in [4.78, 5) is 30.6. The van der Waals surface area contributed by atoms with E-state index in [4.69, 9.17) is 0 Å². The number of nitrogens with one attached hydrogen (secondary N) is 1. The summed E-state index contributed by atoms with van der Waals surface area (Å²) < 4.78 is 13.2. The van der Waals surface area contributed by atoms with Crippen molar-refractivity contribution in [1.29, 1.82) is 0 Å². The maximum atomic E-state index is 13.2. The highest BCUT2D eigenvalue weighted by Gasteiger charge is 2.29. The summed E-state index contributed by atoms with van der Waals surface area (Å²) in [5.41, 5.74) is 2.10. The van der Waals surface area contributed by atoms with E-state index in [0.717, 1.165) is 10.9 Å². The van der Waals surface area contributed by atoms with Gasteiger partial charge in [-0.05, 0) is 48.0 Å². The van der Waals surface area contributed by atoms with Crippen molar-refractivity contribution < 1.29 is 14.0 Å². The Bertz CT molecular complexity index is 1040. The third kappa shape index (κ3) is 3.42. The molecule has 1 atom stereocenters. The van der Waals surface area contributed by atoms with Gasteiger partial charge in [0.05, 0.1) is 17.2 Å². The summed E-state index contributed by atoms with van der Waals surface area (Å²) in [7, 11) is 0. The normalized spacial score (nSPS) is 16.6. The molecule has 1 aliphatic rings. The lowest BCUT2D eigenvalue weighted by atomic mass is 9.97. The van der Waals surface area contributed by atoms with Crippen LogP contribution in [0.4, 0.5) is 14.9 Å². The molecule has 0 saturated carbocycles. The second-order valence-electron chi connectivity index (χ2n) is 6.27. The van der Waals surface area contributed by atoms with Crippen molar-refractivity contribution in [3.05, 3.63) is 84.5 Å². The first-order valence-corrected chi connectivity index (χ1v) is 8.51. The number of hydrogen-bond donors (Lipinski definition) is 1. The van der Waals surface area contributed by atoms with Gasteiger partial charge in [0, 0.05) is 24.2 Å². The molecule has 3 aromatic rings. The zero-order chi connectivity index (χ0) is 18.8. The Hall–Kier alpha value is -3.54. The molecule has 1 aliphatic heterocycles. The van der Waals surface area contributed by atoms with E-state index in [2.05, 4.69) is 10.3 Å². The molecule has 2 aromatic carbocycles. The molecule has 5 nitrogen and oxygen atoms in total. The summed E-state index contributed by atoms with van der Waals surface area (Å²) in [5, 5.41) is 3.71. The highest BCUT2D eigenvalue weighted by atomic mass is 19.1. The first-order chi connectivity index (χ1) is 13.1. The topological polar surface area (TPSA) is 62.3 Å². The molecule has 4 rings (SSSR count). The second kappa shape index (κ2) is 6.99. The fourth-order valence-corrected chi connectivity index (χ4v) is 3.19. The quantitative estimate of drug-likeness (QED) is 0.734.